The van der Waals surface area contributed by atoms with Crippen molar-refractivity contribution >= 4 is 27.7 Å². The Morgan fingerprint density at radius 1 is 1.04 bits per heavy atom. The Kier molecular flexibility index (Phi) is 4.68. The van der Waals surface area contributed by atoms with Crippen molar-refractivity contribution in [3.63, 3.8) is 0 Å². The summed E-state index contributed by atoms with van der Waals surface area (Å²) in [6, 6.07) is 20.1. The highest BCUT2D eigenvalue weighted by Crippen LogP contribution is 2.33. The highest BCUT2D eigenvalue weighted by Gasteiger charge is 2.17. The quantitative estimate of drug-likeness (QED) is 0.509. The van der Waals surface area contributed by atoms with Gasteiger partial charge in [-0.15, -0.1) is 0 Å². The van der Waals surface area contributed by atoms with E-state index in [1.54, 1.807) is 6.07 Å². The third-order valence-electron chi connectivity index (χ3n) is 5.28. The molecule has 3 nitrogen and oxygen atoms in total. The molecule has 0 aliphatic heterocycles. The van der Waals surface area contributed by atoms with Gasteiger partial charge >= 0.3 is 0 Å². The summed E-state index contributed by atoms with van der Waals surface area (Å²) in [6.45, 7) is 7.18. The van der Waals surface area contributed by atoms with E-state index in [0.717, 1.165) is 41.2 Å². The Morgan fingerprint density at radius 3 is 2.46 bits per heavy atom. The number of rotatable bonds is 5. The van der Waals surface area contributed by atoms with Gasteiger partial charge in [-0.05, 0) is 55.7 Å². The van der Waals surface area contributed by atoms with Crippen LogP contribution >= 0.6 is 0 Å². The van der Waals surface area contributed by atoms with E-state index in [1.165, 1.54) is 22.3 Å². The summed E-state index contributed by atoms with van der Waals surface area (Å²) in [7, 11) is 0. The molecule has 0 saturated carbocycles. The predicted octanol–water partition coefficient (Wildman–Crippen LogP) is 5.31. The fourth-order valence-corrected chi connectivity index (χ4v) is 4.25. The molecule has 0 fully saturated rings. The molecular formula is C25H25N2O. The van der Waals surface area contributed by atoms with Crippen LogP contribution in [0.25, 0.3) is 21.8 Å². The number of carbonyl (C=O) groups is 1. The van der Waals surface area contributed by atoms with Crippen LogP contribution in [0, 0.1) is 19.9 Å². The fraction of sp³-hybridized carbons (Fsp3) is 0.240. The summed E-state index contributed by atoms with van der Waals surface area (Å²) in [4.78, 5) is 12.1. The van der Waals surface area contributed by atoms with E-state index in [9.17, 15) is 4.79 Å². The van der Waals surface area contributed by atoms with E-state index in [1.807, 2.05) is 12.1 Å². The van der Waals surface area contributed by atoms with E-state index in [2.05, 4.69) is 61.7 Å². The predicted molar refractivity (Wildman–Crippen MR) is 116 cm³/mol. The second-order valence-corrected chi connectivity index (χ2v) is 7.66. The average molecular weight is 369 g/mol. The number of amides is 1. The van der Waals surface area contributed by atoms with E-state index < -0.39 is 5.91 Å². The highest BCUT2D eigenvalue weighted by molar-refractivity contribution is 6.17. The molecule has 0 unspecified atom stereocenters. The number of nitrogens with zero attached hydrogens (tertiary/aromatic N) is 1. The van der Waals surface area contributed by atoms with Crippen LogP contribution in [0.2, 0.25) is 0 Å². The molecule has 1 aromatic heterocycles. The van der Waals surface area contributed by atoms with Crippen LogP contribution in [0.3, 0.4) is 0 Å². The SMILES string of the molecule is CCCc1c[c]c2c3c(C(N)=O)cccc3n(Cc3cc(C)cc(C)c3)c2c1. The van der Waals surface area contributed by atoms with Crippen molar-refractivity contribution in [2.24, 2.45) is 5.73 Å². The Balaban J connectivity index is 2.02. The molecule has 1 radical (unpaired) electrons. The summed E-state index contributed by atoms with van der Waals surface area (Å²) < 4.78 is 2.29. The van der Waals surface area contributed by atoms with Crippen LogP contribution in [-0.2, 0) is 13.0 Å². The van der Waals surface area contributed by atoms with Gasteiger partial charge in [-0.1, -0.05) is 54.8 Å². The molecule has 0 aliphatic carbocycles. The molecule has 0 spiro atoms. The maximum atomic E-state index is 12.1. The number of aromatic nitrogens is 1. The standard InChI is InChI=1S/C25H25N2O/c1-4-6-18-9-10-20-23(14-18)27(15-19-12-16(2)11-17(3)13-19)22-8-5-7-21(24(20)22)25(26)28/h5,7-9,11-14H,4,6,15H2,1-3H3,(H2,26,28). The number of benzene rings is 3. The van der Waals surface area contributed by atoms with Crippen LogP contribution in [0.1, 0.15) is 46.0 Å². The smallest absolute Gasteiger partial charge is 0.249 e. The van der Waals surface area contributed by atoms with Crippen molar-refractivity contribution in [2.75, 3.05) is 0 Å². The highest BCUT2D eigenvalue weighted by atomic mass is 16.1. The van der Waals surface area contributed by atoms with E-state index in [-0.39, 0.29) is 0 Å². The summed E-state index contributed by atoms with van der Waals surface area (Å²) in [5.74, 6) is -0.401. The summed E-state index contributed by atoms with van der Waals surface area (Å²) >= 11 is 0. The topological polar surface area (TPSA) is 48.0 Å². The number of primary amides is 1. The van der Waals surface area contributed by atoms with Gasteiger partial charge in [0, 0.05) is 22.9 Å². The van der Waals surface area contributed by atoms with Gasteiger partial charge in [-0.2, -0.15) is 0 Å². The van der Waals surface area contributed by atoms with Crippen molar-refractivity contribution in [3.8, 4) is 0 Å². The lowest BCUT2D eigenvalue weighted by atomic mass is 10.0. The largest absolute Gasteiger partial charge is 0.366 e. The molecule has 4 aromatic rings. The van der Waals surface area contributed by atoms with E-state index in [4.69, 9.17) is 5.73 Å². The molecule has 0 atom stereocenters. The number of nitrogens with two attached hydrogens (primary N) is 1. The van der Waals surface area contributed by atoms with Gasteiger partial charge in [-0.25, -0.2) is 0 Å². The van der Waals surface area contributed by atoms with Crippen molar-refractivity contribution in [3.05, 3.63) is 82.4 Å². The Morgan fingerprint density at radius 2 is 1.79 bits per heavy atom. The Bertz CT molecular complexity index is 1180. The molecule has 3 aromatic carbocycles. The first-order valence-corrected chi connectivity index (χ1v) is 9.80. The molecule has 0 aliphatic rings. The molecule has 0 saturated heterocycles. The zero-order valence-electron chi connectivity index (χ0n) is 16.7. The molecule has 28 heavy (non-hydrogen) atoms. The molecular weight excluding hydrogens is 344 g/mol. The average Bonchev–Trinajstić information content (AvgIpc) is 2.94. The summed E-state index contributed by atoms with van der Waals surface area (Å²) in [5.41, 5.74) is 13.4. The molecule has 1 amide bonds. The first-order chi connectivity index (χ1) is 13.5. The Labute approximate surface area is 165 Å². The third kappa shape index (κ3) is 3.18. The molecule has 4 rings (SSSR count). The lowest BCUT2D eigenvalue weighted by molar-refractivity contribution is 0.100. The lowest BCUT2D eigenvalue weighted by Gasteiger charge is -2.11. The second-order valence-electron chi connectivity index (χ2n) is 7.66. The normalized spacial score (nSPS) is 11.4. The van der Waals surface area contributed by atoms with Crippen LogP contribution in [0.15, 0.2) is 48.5 Å². The van der Waals surface area contributed by atoms with Crippen LogP contribution in [-0.4, -0.2) is 10.5 Å². The van der Waals surface area contributed by atoms with Gasteiger partial charge in [0.1, 0.15) is 0 Å². The van der Waals surface area contributed by atoms with Gasteiger partial charge in [0.05, 0.1) is 11.0 Å². The molecule has 141 valence electrons. The number of aryl methyl sites for hydroxylation is 3. The molecule has 3 heteroatoms. The van der Waals surface area contributed by atoms with E-state index in [0.29, 0.717) is 5.56 Å². The third-order valence-corrected chi connectivity index (χ3v) is 5.28. The van der Waals surface area contributed by atoms with Crippen molar-refractivity contribution in [2.45, 2.75) is 40.2 Å². The van der Waals surface area contributed by atoms with Gasteiger partial charge in [-0.3, -0.25) is 4.79 Å². The fourth-order valence-electron chi connectivity index (χ4n) is 4.25. The zero-order chi connectivity index (χ0) is 19.8. The number of carbonyl (C=O) groups excluding carboxylic acids is 1. The second kappa shape index (κ2) is 7.16. The Hall–Kier alpha value is -3.07. The van der Waals surface area contributed by atoms with Crippen molar-refractivity contribution in [1.82, 2.24) is 4.57 Å². The maximum Gasteiger partial charge on any atom is 0.249 e. The monoisotopic (exact) mass is 369 g/mol. The van der Waals surface area contributed by atoms with Crippen molar-refractivity contribution in [1.29, 1.82) is 0 Å². The molecule has 2 N–H and O–H groups in total. The van der Waals surface area contributed by atoms with Crippen LogP contribution in [0.5, 0.6) is 0 Å². The minimum absolute atomic E-state index is 0.401. The van der Waals surface area contributed by atoms with Crippen LogP contribution in [0.4, 0.5) is 0 Å². The number of hydrogen-bond acceptors (Lipinski definition) is 1. The van der Waals surface area contributed by atoms with E-state index >= 15 is 0 Å². The van der Waals surface area contributed by atoms with Gasteiger partial charge in [0.2, 0.25) is 5.91 Å². The summed E-state index contributed by atoms with van der Waals surface area (Å²) in [6.07, 6.45) is 2.10. The zero-order valence-corrected chi connectivity index (χ0v) is 16.7. The van der Waals surface area contributed by atoms with Gasteiger partial charge in [0.15, 0.2) is 0 Å². The number of fused-ring (bicyclic) bond motifs is 3. The summed E-state index contributed by atoms with van der Waals surface area (Å²) in [5, 5.41) is 1.87. The van der Waals surface area contributed by atoms with Gasteiger partial charge in [0.25, 0.3) is 0 Å². The minimum Gasteiger partial charge on any atom is -0.366 e. The first kappa shape index (κ1) is 18.3. The van der Waals surface area contributed by atoms with Gasteiger partial charge < -0.3 is 10.3 Å². The maximum absolute atomic E-state index is 12.1. The van der Waals surface area contributed by atoms with Crippen LogP contribution < -0.4 is 5.73 Å². The molecule has 0 bridgehead atoms. The molecule has 1 heterocycles. The van der Waals surface area contributed by atoms with Crippen molar-refractivity contribution < 1.29 is 4.79 Å². The first-order valence-electron chi connectivity index (χ1n) is 9.80. The number of hydrogen-bond donors (Lipinski definition) is 1. The minimum atomic E-state index is -0.401. The lowest BCUT2D eigenvalue weighted by Crippen LogP contribution is -2.11.